The normalized spacial score (nSPS) is 12.5. The second-order valence-electron chi connectivity index (χ2n) is 8.88. The summed E-state index contributed by atoms with van der Waals surface area (Å²) in [5.74, 6) is -4.31. The lowest BCUT2D eigenvalue weighted by Crippen LogP contribution is -2.43. The largest absolute Gasteiger partial charge is 0.490 e. The number of imidazole rings is 1. The van der Waals surface area contributed by atoms with Crippen LogP contribution >= 0.6 is 0 Å². The van der Waals surface area contributed by atoms with Crippen LogP contribution < -0.4 is 5.32 Å². The van der Waals surface area contributed by atoms with Gasteiger partial charge in [-0.05, 0) is 28.3 Å². The van der Waals surface area contributed by atoms with Gasteiger partial charge >= 0.3 is 18.1 Å². The molecule has 5 N–H and O–H groups in total. The maximum atomic E-state index is 13.0. The van der Waals surface area contributed by atoms with Crippen molar-refractivity contribution in [3.63, 3.8) is 0 Å². The van der Waals surface area contributed by atoms with E-state index in [1.807, 2.05) is 60.7 Å². The van der Waals surface area contributed by atoms with Gasteiger partial charge in [-0.1, -0.05) is 54.6 Å². The average Bonchev–Trinajstić information content (AvgIpc) is 3.64. The Morgan fingerprint density at radius 2 is 1.51 bits per heavy atom. The number of aliphatic carboxylic acids is 2. The molecule has 0 bridgehead atoms. The lowest BCUT2D eigenvalue weighted by molar-refractivity contribution is -0.192. The Labute approximate surface area is 232 Å². The molecule has 0 radical (unpaired) electrons. The Morgan fingerprint density at radius 1 is 0.927 bits per heavy atom. The van der Waals surface area contributed by atoms with Gasteiger partial charge in [-0.2, -0.15) is 13.2 Å². The molecule has 0 spiro atoms. The van der Waals surface area contributed by atoms with Crippen molar-refractivity contribution >= 4 is 17.8 Å². The van der Waals surface area contributed by atoms with Crippen LogP contribution in [0.15, 0.2) is 85.6 Å². The first-order valence-corrected chi connectivity index (χ1v) is 12.2. The highest BCUT2D eigenvalue weighted by atomic mass is 19.4. The molecule has 2 unspecified atom stereocenters. The molecule has 2 aromatic heterocycles. The molecule has 0 aliphatic rings. The summed E-state index contributed by atoms with van der Waals surface area (Å²) >= 11 is 0. The number of carboxylic acid groups (broad SMARTS) is 2. The first kappa shape index (κ1) is 30.6. The summed E-state index contributed by atoms with van der Waals surface area (Å²) < 4.78 is 33.3. The predicted octanol–water partition coefficient (Wildman–Crippen LogP) is 3.91. The Kier molecular flexibility index (Phi) is 10.4. The molecule has 2 atom stereocenters. The second kappa shape index (κ2) is 13.9. The van der Waals surface area contributed by atoms with Gasteiger partial charge in [0.15, 0.2) is 0 Å². The number of nitrogens with one attached hydrogen (secondary N) is 2. The summed E-state index contributed by atoms with van der Waals surface area (Å²) in [5.41, 5.74) is 4.81. The van der Waals surface area contributed by atoms with E-state index in [0.717, 1.165) is 27.9 Å². The van der Waals surface area contributed by atoms with Crippen molar-refractivity contribution in [1.82, 2.24) is 19.9 Å². The van der Waals surface area contributed by atoms with Crippen LogP contribution in [0.25, 0.3) is 22.3 Å². The van der Waals surface area contributed by atoms with Crippen molar-refractivity contribution in [2.24, 2.45) is 0 Å². The van der Waals surface area contributed by atoms with Gasteiger partial charge in [-0.15, -0.1) is 0 Å². The van der Waals surface area contributed by atoms with E-state index in [2.05, 4.69) is 15.3 Å². The van der Waals surface area contributed by atoms with Crippen LogP contribution in [0.4, 0.5) is 13.2 Å². The topological polar surface area (TPSA) is 158 Å². The zero-order valence-electron chi connectivity index (χ0n) is 21.5. The molecule has 216 valence electrons. The minimum atomic E-state index is -5.08. The Balaban J connectivity index is 0.000000587. The average molecular weight is 573 g/mol. The fourth-order valence-corrected chi connectivity index (χ4v) is 3.88. The van der Waals surface area contributed by atoms with E-state index >= 15 is 0 Å². The summed E-state index contributed by atoms with van der Waals surface area (Å²) in [6.45, 7) is -0.282. The van der Waals surface area contributed by atoms with Crippen molar-refractivity contribution in [3.8, 4) is 22.3 Å². The van der Waals surface area contributed by atoms with E-state index in [1.54, 1.807) is 23.2 Å². The highest BCUT2D eigenvalue weighted by molar-refractivity contribution is 5.85. The molecule has 0 fully saturated rings. The second-order valence-corrected chi connectivity index (χ2v) is 8.88. The summed E-state index contributed by atoms with van der Waals surface area (Å²) in [7, 11) is 0. The molecular formula is C28H27F3N4O6. The first-order valence-electron chi connectivity index (χ1n) is 12.2. The van der Waals surface area contributed by atoms with Crippen molar-refractivity contribution < 1.29 is 42.9 Å². The summed E-state index contributed by atoms with van der Waals surface area (Å²) in [6.07, 6.45) is 1.50. The first-order chi connectivity index (χ1) is 19.5. The van der Waals surface area contributed by atoms with E-state index in [9.17, 15) is 33.0 Å². The monoisotopic (exact) mass is 572 g/mol. The number of hydrogen-bond acceptors (Lipinski definition) is 5. The Hall–Kier alpha value is -4.91. The molecule has 4 aromatic rings. The number of rotatable bonds is 10. The number of halogens is 3. The molecule has 13 heteroatoms. The van der Waals surface area contributed by atoms with Gasteiger partial charge in [0.2, 0.25) is 5.91 Å². The minimum Gasteiger partial charge on any atom is -0.481 e. The number of amides is 1. The van der Waals surface area contributed by atoms with Crippen LogP contribution in [0.1, 0.15) is 18.2 Å². The molecule has 1 amide bonds. The Bertz CT molecular complexity index is 1420. The third kappa shape index (κ3) is 9.07. The van der Waals surface area contributed by atoms with E-state index in [4.69, 9.17) is 9.90 Å². The van der Waals surface area contributed by atoms with Crippen molar-refractivity contribution in [2.75, 3.05) is 6.61 Å². The highest BCUT2D eigenvalue weighted by Gasteiger charge is 2.38. The van der Waals surface area contributed by atoms with E-state index in [-0.39, 0.29) is 13.0 Å². The lowest BCUT2D eigenvalue weighted by atomic mass is 10.0. The molecule has 4 rings (SSSR count). The number of aliphatic hydroxyl groups is 1. The zero-order valence-corrected chi connectivity index (χ0v) is 21.5. The highest BCUT2D eigenvalue weighted by Crippen LogP contribution is 2.26. The molecule has 41 heavy (non-hydrogen) atoms. The maximum Gasteiger partial charge on any atom is 0.490 e. The lowest BCUT2D eigenvalue weighted by Gasteiger charge is -2.21. The number of carbonyl (C=O) groups excluding carboxylic acids is 1. The third-order valence-corrected chi connectivity index (χ3v) is 5.90. The molecule has 0 saturated heterocycles. The summed E-state index contributed by atoms with van der Waals surface area (Å²) in [5, 5.41) is 29.0. The van der Waals surface area contributed by atoms with Gasteiger partial charge in [-0.3, -0.25) is 9.59 Å². The molecule has 0 aliphatic carbocycles. The van der Waals surface area contributed by atoms with Gasteiger partial charge in [-0.25, -0.2) is 9.78 Å². The fraction of sp³-hybridized carbons (Fsp3) is 0.214. The Morgan fingerprint density at radius 3 is 2.02 bits per heavy atom. The van der Waals surface area contributed by atoms with Crippen LogP contribution in [-0.2, 0) is 20.8 Å². The minimum absolute atomic E-state index is 0.282. The molecule has 2 aromatic carbocycles. The van der Waals surface area contributed by atoms with Crippen LogP contribution in [0, 0.1) is 0 Å². The van der Waals surface area contributed by atoms with Gasteiger partial charge < -0.3 is 30.2 Å². The van der Waals surface area contributed by atoms with Crippen LogP contribution in [0.3, 0.4) is 0 Å². The molecule has 0 aliphatic heterocycles. The van der Waals surface area contributed by atoms with Gasteiger partial charge in [0.1, 0.15) is 6.04 Å². The molecule has 2 heterocycles. The molecule has 0 saturated carbocycles. The summed E-state index contributed by atoms with van der Waals surface area (Å²) in [6, 6.07) is 18.5. The number of aliphatic hydroxyl groups excluding tert-OH is 1. The van der Waals surface area contributed by atoms with E-state index in [1.165, 1.54) is 6.33 Å². The number of H-pyrrole nitrogens is 1. The fourth-order valence-electron chi connectivity index (χ4n) is 3.88. The van der Waals surface area contributed by atoms with Gasteiger partial charge in [0, 0.05) is 30.7 Å². The zero-order chi connectivity index (χ0) is 30.0. The number of benzene rings is 2. The van der Waals surface area contributed by atoms with Crippen LogP contribution in [0.5, 0.6) is 0 Å². The number of aromatic amines is 1. The standard InChI is InChI=1S/C26H26N4O4.C2HF3O2/c31-16-23(12-22-14-27-17-28-22)29-26(34)24(13-25(32)33)30-11-10-21(15-30)20-8-6-19(7-9-20)18-4-2-1-3-5-18;3-2(4,5)1(6)7/h1-11,14-15,17,23-24,31H,12-13,16H2,(H,27,28)(H,29,34)(H,32,33);(H,6,7). The van der Waals surface area contributed by atoms with Crippen molar-refractivity contribution in [2.45, 2.75) is 31.1 Å². The van der Waals surface area contributed by atoms with Gasteiger partial charge in [0.25, 0.3) is 0 Å². The summed E-state index contributed by atoms with van der Waals surface area (Å²) in [4.78, 5) is 40.2. The number of aromatic nitrogens is 3. The van der Waals surface area contributed by atoms with Crippen molar-refractivity contribution in [3.05, 3.63) is 91.3 Å². The van der Waals surface area contributed by atoms with Gasteiger partial charge in [0.05, 0.1) is 25.4 Å². The van der Waals surface area contributed by atoms with E-state index < -0.39 is 36.1 Å². The number of hydrogen-bond donors (Lipinski definition) is 5. The van der Waals surface area contributed by atoms with E-state index in [0.29, 0.717) is 6.42 Å². The quantitative estimate of drug-likeness (QED) is 0.193. The molecule has 10 nitrogen and oxygen atoms in total. The SMILES string of the molecule is O=C(O)C(F)(F)F.O=C(O)CC(C(=O)NC(CO)Cc1cnc[nH]1)n1ccc(-c2ccc(-c3ccccc3)cc2)c1. The number of alkyl halides is 3. The van der Waals surface area contributed by atoms with Crippen LogP contribution in [-0.4, -0.2) is 66.5 Å². The van der Waals surface area contributed by atoms with Crippen molar-refractivity contribution in [1.29, 1.82) is 0 Å². The predicted molar refractivity (Wildman–Crippen MR) is 142 cm³/mol. The number of carbonyl (C=O) groups is 3. The smallest absolute Gasteiger partial charge is 0.481 e. The maximum absolute atomic E-state index is 13.0. The number of nitrogens with zero attached hydrogens (tertiary/aromatic N) is 2. The molecular weight excluding hydrogens is 545 g/mol. The van der Waals surface area contributed by atoms with Crippen LogP contribution in [0.2, 0.25) is 0 Å². The number of carboxylic acids is 2. The third-order valence-electron chi connectivity index (χ3n) is 5.90.